The minimum Gasteiger partial charge on any atom is -0.481 e. The van der Waals surface area contributed by atoms with E-state index in [2.05, 4.69) is 4.90 Å². The summed E-state index contributed by atoms with van der Waals surface area (Å²) in [7, 11) is 0. The highest BCUT2D eigenvalue weighted by Gasteiger charge is 2.24. The molecule has 1 N–H and O–H groups in total. The van der Waals surface area contributed by atoms with E-state index in [0.29, 0.717) is 12.8 Å². The molecule has 1 aliphatic rings. The molecule has 1 fully saturated rings. The summed E-state index contributed by atoms with van der Waals surface area (Å²) in [5.41, 5.74) is 1.07. The van der Waals surface area contributed by atoms with Gasteiger partial charge in [0.15, 0.2) is 0 Å². The summed E-state index contributed by atoms with van der Waals surface area (Å²) in [6.07, 6.45) is 1.41. The first-order valence-corrected chi connectivity index (χ1v) is 5.85. The number of aliphatic carboxylic acids is 1. The van der Waals surface area contributed by atoms with E-state index in [1.165, 1.54) is 12.1 Å². The molecule has 0 radical (unpaired) electrons. The number of benzene rings is 1. The topological polar surface area (TPSA) is 40.5 Å². The molecule has 1 heterocycles. The predicted molar refractivity (Wildman–Crippen MR) is 69.3 cm³/mol. The average molecular weight is 274 g/mol. The van der Waals surface area contributed by atoms with Crippen molar-refractivity contribution in [2.75, 3.05) is 13.1 Å². The van der Waals surface area contributed by atoms with Gasteiger partial charge in [-0.1, -0.05) is 12.1 Å². The zero-order chi connectivity index (χ0) is 12.3. The zero-order valence-electron chi connectivity index (χ0n) is 10.0. The fourth-order valence-corrected chi connectivity index (χ4v) is 2.19. The van der Waals surface area contributed by atoms with Crippen molar-refractivity contribution < 1.29 is 14.3 Å². The molecule has 0 spiro atoms. The van der Waals surface area contributed by atoms with Crippen molar-refractivity contribution in [2.24, 2.45) is 5.92 Å². The molecule has 0 saturated carbocycles. The molecule has 1 aromatic carbocycles. The number of carbonyl (C=O) groups is 1. The first-order chi connectivity index (χ1) is 8.15. The molecular weight excluding hydrogens is 257 g/mol. The van der Waals surface area contributed by atoms with Gasteiger partial charge in [-0.25, -0.2) is 4.39 Å². The van der Waals surface area contributed by atoms with E-state index in [-0.39, 0.29) is 24.1 Å². The van der Waals surface area contributed by atoms with Crippen molar-refractivity contribution in [2.45, 2.75) is 19.4 Å². The Balaban J connectivity index is 0.00000162. The van der Waals surface area contributed by atoms with Gasteiger partial charge in [-0.3, -0.25) is 9.69 Å². The Morgan fingerprint density at radius 3 is 2.33 bits per heavy atom. The molecular formula is C13H17ClFNO2. The molecule has 100 valence electrons. The number of nitrogens with zero attached hydrogens (tertiary/aromatic N) is 1. The predicted octanol–water partition coefficient (Wildman–Crippen LogP) is 2.54. The molecule has 0 bridgehead atoms. The largest absolute Gasteiger partial charge is 0.481 e. The van der Waals surface area contributed by atoms with Gasteiger partial charge >= 0.3 is 5.97 Å². The van der Waals surface area contributed by atoms with Gasteiger partial charge in [0.2, 0.25) is 0 Å². The van der Waals surface area contributed by atoms with Gasteiger partial charge in [0.05, 0.1) is 5.92 Å². The van der Waals surface area contributed by atoms with Crippen molar-refractivity contribution in [1.29, 1.82) is 0 Å². The molecule has 3 nitrogen and oxygen atoms in total. The van der Waals surface area contributed by atoms with Crippen molar-refractivity contribution in [3.05, 3.63) is 35.6 Å². The Morgan fingerprint density at radius 1 is 1.28 bits per heavy atom. The summed E-state index contributed by atoms with van der Waals surface area (Å²) in [5, 5.41) is 8.88. The third-order valence-electron chi connectivity index (χ3n) is 3.26. The minimum absolute atomic E-state index is 0. The van der Waals surface area contributed by atoms with Crippen LogP contribution < -0.4 is 0 Å². The molecule has 2 rings (SSSR count). The van der Waals surface area contributed by atoms with Crippen LogP contribution in [0.1, 0.15) is 18.4 Å². The maximum atomic E-state index is 12.7. The zero-order valence-corrected chi connectivity index (χ0v) is 10.8. The normalized spacial score (nSPS) is 17.2. The third kappa shape index (κ3) is 3.96. The lowest BCUT2D eigenvalue weighted by molar-refractivity contribution is -0.143. The van der Waals surface area contributed by atoms with E-state index in [9.17, 15) is 9.18 Å². The van der Waals surface area contributed by atoms with Crippen LogP contribution in [0, 0.1) is 11.7 Å². The fourth-order valence-electron chi connectivity index (χ4n) is 2.19. The number of hydrogen-bond acceptors (Lipinski definition) is 2. The van der Waals surface area contributed by atoms with Crippen LogP contribution in [0.5, 0.6) is 0 Å². The highest BCUT2D eigenvalue weighted by molar-refractivity contribution is 5.85. The molecule has 0 atom stereocenters. The van der Waals surface area contributed by atoms with Crippen LogP contribution in [0.25, 0.3) is 0 Å². The van der Waals surface area contributed by atoms with Gasteiger partial charge in [0.1, 0.15) is 5.82 Å². The second kappa shape index (κ2) is 6.71. The van der Waals surface area contributed by atoms with Crippen molar-refractivity contribution in [3.63, 3.8) is 0 Å². The highest BCUT2D eigenvalue weighted by Crippen LogP contribution is 2.19. The summed E-state index contributed by atoms with van der Waals surface area (Å²) in [6, 6.07) is 6.47. The van der Waals surface area contributed by atoms with Crippen LogP contribution in [0.3, 0.4) is 0 Å². The first-order valence-electron chi connectivity index (χ1n) is 5.85. The molecule has 18 heavy (non-hydrogen) atoms. The van der Waals surface area contributed by atoms with Crippen LogP contribution in [0.2, 0.25) is 0 Å². The number of likely N-dealkylation sites (tertiary alicyclic amines) is 1. The van der Waals surface area contributed by atoms with Crippen LogP contribution in [0.4, 0.5) is 4.39 Å². The Bertz CT molecular complexity index is 388. The average Bonchev–Trinajstić information content (AvgIpc) is 2.33. The standard InChI is InChI=1S/C13H16FNO2.ClH/c14-12-3-1-10(2-4-12)9-15-7-5-11(6-8-15)13(16)17;/h1-4,11H,5-9H2,(H,16,17);1H. The molecule has 5 heteroatoms. The number of halogens is 2. The number of piperidine rings is 1. The monoisotopic (exact) mass is 273 g/mol. The van der Waals surface area contributed by atoms with E-state index in [1.807, 2.05) is 0 Å². The van der Waals surface area contributed by atoms with E-state index in [0.717, 1.165) is 25.2 Å². The third-order valence-corrected chi connectivity index (χ3v) is 3.26. The first kappa shape index (κ1) is 14.9. The molecule has 1 aromatic rings. The smallest absolute Gasteiger partial charge is 0.306 e. The molecule has 1 aliphatic heterocycles. The van der Waals surface area contributed by atoms with Crippen LogP contribution in [-0.2, 0) is 11.3 Å². The number of rotatable bonds is 3. The van der Waals surface area contributed by atoms with E-state index >= 15 is 0 Å². The highest BCUT2D eigenvalue weighted by atomic mass is 35.5. The number of hydrogen-bond donors (Lipinski definition) is 1. The van der Waals surface area contributed by atoms with Gasteiger partial charge in [0.25, 0.3) is 0 Å². The fraction of sp³-hybridized carbons (Fsp3) is 0.462. The Kier molecular flexibility index (Phi) is 5.56. The molecule has 1 saturated heterocycles. The van der Waals surface area contributed by atoms with Gasteiger partial charge in [0, 0.05) is 6.54 Å². The van der Waals surface area contributed by atoms with E-state index < -0.39 is 5.97 Å². The van der Waals surface area contributed by atoms with Crippen molar-refractivity contribution in [1.82, 2.24) is 4.90 Å². The van der Waals surface area contributed by atoms with Crippen LogP contribution in [-0.4, -0.2) is 29.1 Å². The Morgan fingerprint density at radius 2 is 1.83 bits per heavy atom. The maximum Gasteiger partial charge on any atom is 0.306 e. The quantitative estimate of drug-likeness (QED) is 0.920. The molecule has 0 aliphatic carbocycles. The van der Waals surface area contributed by atoms with Crippen molar-refractivity contribution in [3.8, 4) is 0 Å². The molecule has 0 unspecified atom stereocenters. The minimum atomic E-state index is -0.688. The Hall–Kier alpha value is -1.13. The summed E-state index contributed by atoms with van der Waals surface area (Å²) in [6.45, 7) is 2.37. The van der Waals surface area contributed by atoms with Gasteiger partial charge in [-0.2, -0.15) is 0 Å². The van der Waals surface area contributed by atoms with Gasteiger partial charge in [-0.05, 0) is 43.6 Å². The second-order valence-electron chi connectivity index (χ2n) is 4.52. The summed E-state index contributed by atoms with van der Waals surface area (Å²) < 4.78 is 12.7. The lowest BCUT2D eigenvalue weighted by Gasteiger charge is -2.29. The second-order valence-corrected chi connectivity index (χ2v) is 4.52. The SMILES string of the molecule is Cl.O=C(O)C1CCN(Cc2ccc(F)cc2)CC1. The van der Waals surface area contributed by atoms with E-state index in [1.54, 1.807) is 12.1 Å². The van der Waals surface area contributed by atoms with E-state index in [4.69, 9.17) is 5.11 Å². The van der Waals surface area contributed by atoms with Gasteiger partial charge < -0.3 is 5.11 Å². The van der Waals surface area contributed by atoms with Gasteiger partial charge in [-0.15, -0.1) is 12.4 Å². The van der Waals surface area contributed by atoms with Crippen LogP contribution >= 0.6 is 12.4 Å². The maximum absolute atomic E-state index is 12.7. The lowest BCUT2D eigenvalue weighted by atomic mass is 9.97. The summed E-state index contributed by atoms with van der Waals surface area (Å²) in [4.78, 5) is 13.0. The van der Waals surface area contributed by atoms with Crippen molar-refractivity contribution >= 4 is 18.4 Å². The molecule has 0 aromatic heterocycles. The number of carboxylic acid groups (broad SMARTS) is 1. The lowest BCUT2D eigenvalue weighted by Crippen LogP contribution is -2.35. The number of carboxylic acids is 1. The summed E-state index contributed by atoms with van der Waals surface area (Å²) in [5.74, 6) is -1.11. The van der Waals surface area contributed by atoms with Crippen LogP contribution in [0.15, 0.2) is 24.3 Å². The molecule has 0 amide bonds. The summed E-state index contributed by atoms with van der Waals surface area (Å²) >= 11 is 0. The Labute approximate surface area is 112 Å².